The average Bonchev–Trinajstić information content (AvgIpc) is 3.24. The maximum Gasteiger partial charge on any atom is 0.331 e. The van der Waals surface area contributed by atoms with Crippen molar-refractivity contribution in [3.05, 3.63) is 90.0 Å². The molecule has 222 valence electrons. The van der Waals surface area contributed by atoms with Gasteiger partial charge in [0.25, 0.3) is 0 Å². The molecule has 0 unspecified atom stereocenters. The van der Waals surface area contributed by atoms with Gasteiger partial charge in [-0.15, -0.1) is 0 Å². The summed E-state index contributed by atoms with van der Waals surface area (Å²) in [6.07, 6.45) is 2.90. The van der Waals surface area contributed by atoms with Crippen molar-refractivity contribution in [1.29, 1.82) is 0 Å². The molecule has 2 aromatic carbocycles. The van der Waals surface area contributed by atoms with Crippen LogP contribution in [-0.2, 0) is 33.0 Å². The number of rotatable bonds is 11. The summed E-state index contributed by atoms with van der Waals surface area (Å²) in [6.45, 7) is 16.5. The molecule has 7 nitrogen and oxygen atoms in total. The average molecular weight is 581 g/mol. The molecular formula is C33H44O7Si. The van der Waals surface area contributed by atoms with Crippen LogP contribution in [0, 0.1) is 0 Å². The van der Waals surface area contributed by atoms with E-state index in [0.29, 0.717) is 0 Å². The van der Waals surface area contributed by atoms with Crippen molar-refractivity contribution in [3.63, 3.8) is 0 Å². The maximum absolute atomic E-state index is 13.0. The van der Waals surface area contributed by atoms with Gasteiger partial charge >= 0.3 is 11.9 Å². The summed E-state index contributed by atoms with van der Waals surface area (Å²) in [6, 6.07) is 19.3. The second-order valence-electron chi connectivity index (χ2n) is 12.0. The molecule has 0 spiro atoms. The van der Waals surface area contributed by atoms with Crippen molar-refractivity contribution in [2.75, 3.05) is 6.61 Å². The zero-order valence-electron chi connectivity index (χ0n) is 25.5. The molecule has 8 heteroatoms. The van der Waals surface area contributed by atoms with E-state index in [4.69, 9.17) is 23.4 Å². The summed E-state index contributed by atoms with van der Waals surface area (Å²) in [4.78, 5) is 25.3. The van der Waals surface area contributed by atoms with Gasteiger partial charge in [0.2, 0.25) is 0 Å². The molecular weight excluding hydrogens is 536 g/mol. The van der Waals surface area contributed by atoms with E-state index < -0.39 is 50.5 Å². The molecule has 1 heterocycles. The topological polar surface area (TPSA) is 80.3 Å². The summed E-state index contributed by atoms with van der Waals surface area (Å²) in [7, 11) is -2.30. The minimum absolute atomic E-state index is 0.0670. The summed E-state index contributed by atoms with van der Waals surface area (Å²) >= 11 is 0. The zero-order chi connectivity index (χ0) is 30.3. The molecule has 0 bridgehead atoms. The molecule has 0 radical (unpaired) electrons. The van der Waals surface area contributed by atoms with Crippen molar-refractivity contribution in [1.82, 2.24) is 0 Å². The number of hydrogen-bond acceptors (Lipinski definition) is 7. The van der Waals surface area contributed by atoms with Gasteiger partial charge in [0.05, 0.1) is 12.7 Å². The van der Waals surface area contributed by atoms with Gasteiger partial charge in [-0.1, -0.05) is 81.4 Å². The third-order valence-electron chi connectivity index (χ3n) is 7.31. The summed E-state index contributed by atoms with van der Waals surface area (Å²) in [5, 5.41) is -0.0670. The number of ether oxygens (including phenoxy) is 4. The molecule has 2 aromatic rings. The van der Waals surface area contributed by atoms with E-state index in [1.165, 1.54) is 18.2 Å². The lowest BCUT2D eigenvalue weighted by atomic mass is 9.97. The van der Waals surface area contributed by atoms with Gasteiger partial charge in [0.15, 0.2) is 14.1 Å². The highest BCUT2D eigenvalue weighted by Crippen LogP contribution is 2.45. The van der Waals surface area contributed by atoms with E-state index >= 15 is 0 Å². The lowest BCUT2D eigenvalue weighted by Gasteiger charge is -2.41. The largest absolute Gasteiger partial charge is 0.463 e. The Morgan fingerprint density at radius 3 is 2.10 bits per heavy atom. The second kappa shape index (κ2) is 13.7. The van der Waals surface area contributed by atoms with Crippen LogP contribution in [0.25, 0.3) is 6.08 Å². The van der Waals surface area contributed by atoms with Crippen LogP contribution >= 0.6 is 0 Å². The van der Waals surface area contributed by atoms with Gasteiger partial charge in [-0.2, -0.15) is 0 Å². The molecule has 0 aromatic heterocycles. The van der Waals surface area contributed by atoms with E-state index in [9.17, 15) is 9.59 Å². The van der Waals surface area contributed by atoms with Crippen LogP contribution in [0.15, 0.2) is 78.9 Å². The highest BCUT2D eigenvalue weighted by atomic mass is 28.4. The Labute approximate surface area is 245 Å². The van der Waals surface area contributed by atoms with E-state index in [2.05, 4.69) is 33.9 Å². The highest BCUT2D eigenvalue weighted by molar-refractivity contribution is 6.74. The van der Waals surface area contributed by atoms with E-state index in [0.717, 1.165) is 11.1 Å². The van der Waals surface area contributed by atoms with E-state index in [-0.39, 0.29) is 11.6 Å². The van der Waals surface area contributed by atoms with Gasteiger partial charge in [0, 0.05) is 12.2 Å². The van der Waals surface area contributed by atoms with E-state index in [1.54, 1.807) is 13.0 Å². The molecule has 0 amide bonds. The first-order valence-corrected chi connectivity index (χ1v) is 17.0. The van der Waals surface area contributed by atoms with Gasteiger partial charge in [-0.25, -0.2) is 9.59 Å². The first-order valence-electron chi connectivity index (χ1n) is 14.1. The SMILES string of the molecule is CCOC(=O)/C=C/[C@H](OC(=O)/C=C/c1ccccc1)[C@H]1OC(C)(C)O[C@@H]1[C@H](O[Si](C)(C)C(C)(C)C)c1ccccc1. The molecule has 0 saturated carbocycles. The number of hydrogen-bond donors (Lipinski definition) is 0. The van der Waals surface area contributed by atoms with Crippen molar-refractivity contribution in [2.45, 2.75) is 89.9 Å². The lowest BCUT2D eigenvalue weighted by Crippen LogP contribution is -2.47. The fourth-order valence-electron chi connectivity index (χ4n) is 4.25. The second-order valence-corrected chi connectivity index (χ2v) is 16.8. The van der Waals surface area contributed by atoms with Crippen LogP contribution in [-0.4, -0.2) is 51.0 Å². The summed E-state index contributed by atoms with van der Waals surface area (Å²) < 4.78 is 30.9. The van der Waals surface area contributed by atoms with Crippen molar-refractivity contribution < 1.29 is 33.0 Å². The number of carbonyl (C=O) groups is 2. The zero-order valence-corrected chi connectivity index (χ0v) is 26.5. The van der Waals surface area contributed by atoms with Gasteiger partial charge in [-0.05, 0) is 62.2 Å². The minimum Gasteiger partial charge on any atom is -0.463 e. The summed E-state index contributed by atoms with van der Waals surface area (Å²) in [5.41, 5.74) is 1.78. The van der Waals surface area contributed by atoms with Crippen LogP contribution < -0.4 is 0 Å². The van der Waals surface area contributed by atoms with Gasteiger partial charge in [0.1, 0.15) is 18.3 Å². The molecule has 0 aliphatic carbocycles. The Bertz CT molecular complexity index is 1200. The predicted molar refractivity (Wildman–Crippen MR) is 162 cm³/mol. The molecule has 0 N–H and O–H groups in total. The highest BCUT2D eigenvalue weighted by Gasteiger charge is 2.52. The Morgan fingerprint density at radius 1 is 0.927 bits per heavy atom. The van der Waals surface area contributed by atoms with Crippen molar-refractivity contribution in [2.24, 2.45) is 0 Å². The number of carbonyl (C=O) groups excluding carboxylic acids is 2. The fraction of sp³-hybridized carbons (Fsp3) is 0.455. The minimum atomic E-state index is -2.30. The molecule has 3 rings (SSSR count). The van der Waals surface area contributed by atoms with Gasteiger partial charge < -0.3 is 23.4 Å². The van der Waals surface area contributed by atoms with E-state index in [1.807, 2.05) is 74.5 Å². The molecule has 41 heavy (non-hydrogen) atoms. The number of benzene rings is 2. The Morgan fingerprint density at radius 2 is 1.51 bits per heavy atom. The smallest absolute Gasteiger partial charge is 0.331 e. The van der Waals surface area contributed by atoms with Crippen LogP contribution in [0.4, 0.5) is 0 Å². The third kappa shape index (κ3) is 9.23. The van der Waals surface area contributed by atoms with Crippen LogP contribution in [0.1, 0.15) is 58.8 Å². The first-order chi connectivity index (χ1) is 19.2. The number of esters is 2. The van der Waals surface area contributed by atoms with Gasteiger partial charge in [-0.3, -0.25) is 0 Å². The van der Waals surface area contributed by atoms with Crippen molar-refractivity contribution in [3.8, 4) is 0 Å². The predicted octanol–water partition coefficient (Wildman–Crippen LogP) is 7.01. The van der Waals surface area contributed by atoms with Crippen LogP contribution in [0.5, 0.6) is 0 Å². The quantitative estimate of drug-likeness (QED) is 0.161. The normalized spacial score (nSPS) is 20.7. The van der Waals surface area contributed by atoms with Crippen molar-refractivity contribution >= 4 is 26.3 Å². The molecule has 4 atom stereocenters. The molecule has 1 saturated heterocycles. The maximum atomic E-state index is 13.0. The Kier molecular flexibility index (Phi) is 10.9. The molecule has 1 aliphatic rings. The molecule has 1 aliphatic heterocycles. The lowest BCUT2D eigenvalue weighted by molar-refractivity contribution is -0.165. The third-order valence-corrected chi connectivity index (χ3v) is 11.8. The van der Waals surface area contributed by atoms with Crippen LogP contribution in [0.2, 0.25) is 18.1 Å². The summed E-state index contributed by atoms with van der Waals surface area (Å²) in [5.74, 6) is -2.12. The fourth-order valence-corrected chi connectivity index (χ4v) is 5.51. The molecule has 1 fully saturated rings. The Hall–Kier alpha value is -3.04. The Balaban J connectivity index is 2.01. The monoisotopic (exact) mass is 580 g/mol. The van der Waals surface area contributed by atoms with Crippen LogP contribution in [0.3, 0.4) is 0 Å². The first kappa shape index (κ1) is 32.5. The standard InChI is InChI=1S/C33H44O7Si/c1-9-36-27(34)23-21-26(37-28(35)22-20-24-16-12-10-13-17-24)30-31(39-33(5,6)38-30)29(25-18-14-11-15-19-25)40-41(7,8)32(2,3)4/h10-23,26,29-31H,9H2,1-8H3/b22-20+,23-21+/t26-,29+,30+,31+/m0/s1.